The number of hydrogen-bond acceptors (Lipinski definition) is 4. The normalized spacial score (nSPS) is 15.5. The van der Waals surface area contributed by atoms with Crippen LogP contribution in [0.1, 0.15) is 0 Å². The molecule has 30 heavy (non-hydrogen) atoms. The van der Waals surface area contributed by atoms with Crippen molar-refractivity contribution in [2.45, 2.75) is 0 Å². The minimum atomic E-state index is 0.664. The molecule has 2 aliphatic rings. The van der Waals surface area contributed by atoms with E-state index >= 15 is 0 Å². The lowest BCUT2D eigenvalue weighted by Crippen LogP contribution is -2.29. The van der Waals surface area contributed by atoms with Gasteiger partial charge >= 0.3 is 0 Å². The molecule has 0 aliphatic carbocycles. The predicted molar refractivity (Wildman–Crippen MR) is 121 cm³/mol. The molecule has 0 amide bonds. The molecule has 0 atom stereocenters. The summed E-state index contributed by atoms with van der Waals surface area (Å²) >= 11 is 0. The molecule has 2 aliphatic heterocycles. The Labute approximate surface area is 178 Å². The molecule has 0 unspecified atom stereocenters. The van der Waals surface area contributed by atoms with E-state index in [4.69, 9.17) is 0 Å². The van der Waals surface area contributed by atoms with Gasteiger partial charge in [-0.2, -0.15) is 0 Å². The van der Waals surface area contributed by atoms with Gasteiger partial charge < -0.3 is 19.6 Å². The van der Waals surface area contributed by atoms with E-state index in [-0.39, 0.29) is 0 Å². The number of anilines is 1. The summed E-state index contributed by atoms with van der Waals surface area (Å²) in [6.07, 6.45) is 8.06. The van der Waals surface area contributed by atoms with E-state index in [1.165, 1.54) is 22.3 Å². The summed E-state index contributed by atoms with van der Waals surface area (Å²) in [5.41, 5.74) is 5.85. The minimum Gasteiger partial charge on any atom is -0.349 e. The van der Waals surface area contributed by atoms with Crippen LogP contribution in [0.25, 0.3) is 22.3 Å². The van der Waals surface area contributed by atoms with Crippen molar-refractivity contribution < 1.29 is 0 Å². The maximum atomic E-state index is 3.43. The standard InChI is InChI=1S/C26H22N4/c1-27-12-13-28(19-27)20-29-14-15-30(21-29)26-17-24(22-8-4-2-5-9-22)16-25(18-26)23-10-6-3-7-11-23/h2-18H,20H2,1H3. The van der Waals surface area contributed by atoms with Crippen molar-refractivity contribution >= 4 is 5.69 Å². The van der Waals surface area contributed by atoms with Crippen molar-refractivity contribution in [3.63, 3.8) is 0 Å². The lowest BCUT2D eigenvalue weighted by atomic mass is 9.98. The molecule has 0 spiro atoms. The van der Waals surface area contributed by atoms with Crippen LogP contribution in [0.15, 0.2) is 104 Å². The maximum Gasteiger partial charge on any atom is 0.214 e. The molecule has 0 aromatic heterocycles. The fourth-order valence-corrected chi connectivity index (χ4v) is 3.61. The molecule has 4 nitrogen and oxygen atoms in total. The van der Waals surface area contributed by atoms with E-state index in [0.717, 1.165) is 5.69 Å². The van der Waals surface area contributed by atoms with Gasteiger partial charge in [-0.1, -0.05) is 60.7 Å². The third-order valence-electron chi connectivity index (χ3n) is 5.10. The first kappa shape index (κ1) is 18.4. The van der Waals surface area contributed by atoms with Crippen LogP contribution < -0.4 is 4.90 Å². The first-order valence-electron chi connectivity index (χ1n) is 9.95. The second-order valence-corrected chi connectivity index (χ2v) is 7.36. The molecule has 0 fully saturated rings. The molecule has 3 aromatic carbocycles. The fraction of sp³-hybridized carbons (Fsp3) is 0.0769. The summed E-state index contributed by atoms with van der Waals surface area (Å²) in [5.74, 6) is 0. The molecule has 4 heteroatoms. The molecule has 5 rings (SSSR count). The van der Waals surface area contributed by atoms with Gasteiger partial charge in [0.2, 0.25) is 13.3 Å². The minimum absolute atomic E-state index is 0.664. The Bertz CT molecular complexity index is 1000. The predicted octanol–water partition coefficient (Wildman–Crippen LogP) is 5.28. The Kier molecular flexibility index (Phi) is 4.89. The van der Waals surface area contributed by atoms with Gasteiger partial charge in [-0.3, -0.25) is 0 Å². The van der Waals surface area contributed by atoms with Crippen molar-refractivity contribution in [2.24, 2.45) is 0 Å². The average Bonchev–Trinajstić information content (AvgIpc) is 3.44. The topological polar surface area (TPSA) is 13.0 Å². The highest BCUT2D eigenvalue weighted by atomic mass is 15.4. The van der Waals surface area contributed by atoms with Crippen LogP contribution in [0.5, 0.6) is 0 Å². The van der Waals surface area contributed by atoms with E-state index in [1.807, 2.05) is 63.6 Å². The summed E-state index contributed by atoms with van der Waals surface area (Å²) < 4.78 is 0. The summed E-state index contributed by atoms with van der Waals surface area (Å²) in [6, 6.07) is 27.7. The zero-order chi connectivity index (χ0) is 20.3. The maximum absolute atomic E-state index is 3.43. The number of hydrogen-bond donors (Lipinski definition) is 0. The van der Waals surface area contributed by atoms with Gasteiger partial charge in [0.15, 0.2) is 0 Å². The molecule has 3 aromatic rings. The first-order valence-corrected chi connectivity index (χ1v) is 9.95. The van der Waals surface area contributed by atoms with Crippen LogP contribution in [-0.2, 0) is 0 Å². The quantitative estimate of drug-likeness (QED) is 0.587. The van der Waals surface area contributed by atoms with Crippen molar-refractivity contribution in [2.75, 3.05) is 18.6 Å². The van der Waals surface area contributed by atoms with Gasteiger partial charge in [0.1, 0.15) is 0 Å². The highest BCUT2D eigenvalue weighted by Crippen LogP contribution is 2.34. The molecule has 0 saturated heterocycles. The molecule has 0 bridgehead atoms. The van der Waals surface area contributed by atoms with E-state index in [0.29, 0.717) is 6.67 Å². The summed E-state index contributed by atoms with van der Waals surface area (Å²) in [4.78, 5) is 7.97. The number of benzene rings is 3. The Morgan fingerprint density at radius 3 is 1.73 bits per heavy atom. The highest BCUT2D eigenvalue weighted by Gasteiger charge is 2.21. The second-order valence-electron chi connectivity index (χ2n) is 7.36. The molecule has 2 heterocycles. The van der Waals surface area contributed by atoms with Gasteiger partial charge in [0.05, 0.1) is 6.67 Å². The van der Waals surface area contributed by atoms with Gasteiger partial charge in [0.25, 0.3) is 0 Å². The van der Waals surface area contributed by atoms with Gasteiger partial charge in [-0.25, -0.2) is 0 Å². The lowest BCUT2D eigenvalue weighted by Gasteiger charge is -2.24. The Hall–Kier alpha value is -3.66. The Morgan fingerprint density at radius 2 is 1.17 bits per heavy atom. The van der Waals surface area contributed by atoms with E-state index in [1.54, 1.807) is 0 Å². The Morgan fingerprint density at radius 1 is 0.600 bits per heavy atom. The summed E-state index contributed by atoms with van der Waals surface area (Å²) in [6.45, 7) is 7.31. The van der Waals surface area contributed by atoms with Crippen LogP contribution in [-0.4, -0.2) is 28.4 Å². The SMILES string of the molecule is CN1[C]N(CN2[C]N(c3cc(-c4ccccc4)cc(-c4ccccc4)c3)C=C2)C=C1. The van der Waals surface area contributed by atoms with Crippen molar-refractivity contribution in [3.05, 3.63) is 117 Å². The van der Waals surface area contributed by atoms with Crippen LogP contribution >= 0.6 is 0 Å². The fourth-order valence-electron chi connectivity index (χ4n) is 3.61. The van der Waals surface area contributed by atoms with Gasteiger partial charge in [-0.05, 0) is 40.5 Å². The molecular formula is C26H22N4. The first-order chi connectivity index (χ1) is 14.7. The molecular weight excluding hydrogens is 368 g/mol. The third-order valence-corrected chi connectivity index (χ3v) is 5.10. The highest BCUT2D eigenvalue weighted by molar-refractivity contribution is 5.79. The zero-order valence-corrected chi connectivity index (χ0v) is 16.8. The zero-order valence-electron chi connectivity index (χ0n) is 16.8. The molecule has 0 N–H and O–H groups in total. The van der Waals surface area contributed by atoms with Crippen LogP contribution in [0.2, 0.25) is 0 Å². The van der Waals surface area contributed by atoms with E-state index < -0.39 is 0 Å². The number of nitrogens with zero attached hydrogens (tertiary/aromatic N) is 4. The van der Waals surface area contributed by atoms with Gasteiger partial charge in [0, 0.05) is 37.5 Å². The van der Waals surface area contributed by atoms with Crippen molar-refractivity contribution in [3.8, 4) is 22.3 Å². The van der Waals surface area contributed by atoms with E-state index in [9.17, 15) is 0 Å². The average molecular weight is 390 g/mol. The molecule has 0 saturated carbocycles. The largest absolute Gasteiger partial charge is 0.349 e. The molecule has 4 radical (unpaired) electrons. The van der Waals surface area contributed by atoms with E-state index in [2.05, 4.69) is 80.1 Å². The Balaban J connectivity index is 1.43. The number of rotatable bonds is 5. The van der Waals surface area contributed by atoms with Crippen LogP contribution in [0.3, 0.4) is 0 Å². The lowest BCUT2D eigenvalue weighted by molar-refractivity contribution is 0.276. The smallest absolute Gasteiger partial charge is 0.214 e. The van der Waals surface area contributed by atoms with Crippen molar-refractivity contribution in [1.82, 2.24) is 14.7 Å². The molecule has 146 valence electrons. The van der Waals surface area contributed by atoms with Crippen LogP contribution in [0, 0.1) is 13.3 Å². The monoisotopic (exact) mass is 390 g/mol. The summed E-state index contributed by atoms with van der Waals surface area (Å²) in [5, 5.41) is 0. The van der Waals surface area contributed by atoms with Crippen LogP contribution in [0.4, 0.5) is 5.69 Å². The second kappa shape index (κ2) is 7.99. The summed E-state index contributed by atoms with van der Waals surface area (Å²) in [7, 11) is 1.97. The van der Waals surface area contributed by atoms with Gasteiger partial charge in [-0.15, -0.1) is 0 Å². The third kappa shape index (κ3) is 3.90. The van der Waals surface area contributed by atoms with Crippen molar-refractivity contribution in [1.29, 1.82) is 0 Å².